The summed E-state index contributed by atoms with van der Waals surface area (Å²) in [6, 6.07) is 6.32. The molecule has 1 unspecified atom stereocenters. The van der Waals surface area contributed by atoms with Crippen molar-refractivity contribution in [2.24, 2.45) is 0 Å². The van der Waals surface area contributed by atoms with Gasteiger partial charge in [-0.1, -0.05) is 0 Å². The van der Waals surface area contributed by atoms with Gasteiger partial charge in [-0.2, -0.15) is 13.2 Å². The molecule has 1 N–H and O–H groups in total. The van der Waals surface area contributed by atoms with Crippen molar-refractivity contribution in [3.05, 3.63) is 50.4 Å². The molecule has 2 nitrogen and oxygen atoms in total. The Bertz CT molecular complexity index is 566. The Morgan fingerprint density at radius 2 is 2.05 bits per heavy atom. The van der Waals surface area contributed by atoms with Crippen LogP contribution in [0.15, 0.2) is 34.2 Å². The van der Waals surface area contributed by atoms with Crippen molar-refractivity contribution in [2.45, 2.75) is 18.6 Å². The zero-order chi connectivity index (χ0) is 14.8. The third kappa shape index (κ3) is 3.80. The predicted molar refractivity (Wildman–Crippen MR) is 76.8 cm³/mol. The fourth-order valence-electron chi connectivity index (χ4n) is 1.80. The van der Waals surface area contributed by atoms with E-state index in [4.69, 9.17) is 0 Å². The second-order valence-corrected chi connectivity index (χ2v) is 6.77. The first-order valence-corrected chi connectivity index (χ1v) is 7.45. The molecule has 108 valence electrons. The van der Waals surface area contributed by atoms with E-state index in [1.807, 2.05) is 12.1 Å². The lowest BCUT2D eigenvalue weighted by Crippen LogP contribution is -2.20. The summed E-state index contributed by atoms with van der Waals surface area (Å²) in [6.07, 6.45) is -2.78. The molecule has 0 fully saturated rings. The molecule has 0 amide bonds. The first kappa shape index (κ1) is 15.5. The molecule has 0 radical (unpaired) electrons. The monoisotopic (exact) mass is 364 g/mol. The first-order valence-electron chi connectivity index (χ1n) is 5.85. The lowest BCUT2D eigenvalue weighted by Gasteiger charge is -2.15. The standard InChI is InChI=1S/C13H12BrF3N2S/c1-18-11(6-9-3-5-12(14)20-9)10-4-2-8(7-19-10)13(15,16)17/h2-5,7,11,18H,6H2,1H3. The van der Waals surface area contributed by atoms with Gasteiger partial charge in [0.05, 0.1) is 21.1 Å². The van der Waals surface area contributed by atoms with Crippen LogP contribution in [-0.4, -0.2) is 12.0 Å². The molecule has 0 spiro atoms. The third-order valence-electron chi connectivity index (χ3n) is 2.85. The van der Waals surface area contributed by atoms with Crippen LogP contribution < -0.4 is 5.32 Å². The van der Waals surface area contributed by atoms with Gasteiger partial charge in [0.15, 0.2) is 0 Å². The molecule has 7 heteroatoms. The van der Waals surface area contributed by atoms with Crippen molar-refractivity contribution in [1.82, 2.24) is 10.3 Å². The molecule has 0 aliphatic heterocycles. The minimum absolute atomic E-state index is 0.108. The molecule has 2 aromatic heterocycles. The molecule has 2 aromatic rings. The number of thiophene rings is 1. The van der Waals surface area contributed by atoms with E-state index in [0.717, 1.165) is 20.9 Å². The zero-order valence-electron chi connectivity index (χ0n) is 10.5. The molecule has 0 aliphatic rings. The number of aromatic nitrogens is 1. The fourth-order valence-corrected chi connectivity index (χ4v) is 3.32. The number of hydrogen-bond donors (Lipinski definition) is 1. The summed E-state index contributed by atoms with van der Waals surface area (Å²) < 4.78 is 38.5. The van der Waals surface area contributed by atoms with Crippen molar-refractivity contribution in [1.29, 1.82) is 0 Å². The molecule has 0 aliphatic carbocycles. The number of pyridine rings is 1. The van der Waals surface area contributed by atoms with Crippen LogP contribution in [0.3, 0.4) is 0 Å². The van der Waals surface area contributed by atoms with E-state index < -0.39 is 11.7 Å². The van der Waals surface area contributed by atoms with Crippen LogP contribution in [0.25, 0.3) is 0 Å². The molecule has 2 heterocycles. The van der Waals surface area contributed by atoms with Gasteiger partial charge in [-0.3, -0.25) is 4.98 Å². The largest absolute Gasteiger partial charge is 0.417 e. The second-order valence-electron chi connectivity index (χ2n) is 4.22. The highest BCUT2D eigenvalue weighted by Crippen LogP contribution is 2.30. The number of likely N-dealkylation sites (N-methyl/N-ethyl adjacent to an activating group) is 1. The fraction of sp³-hybridized carbons (Fsp3) is 0.308. The van der Waals surface area contributed by atoms with Crippen LogP contribution in [0.5, 0.6) is 0 Å². The summed E-state index contributed by atoms with van der Waals surface area (Å²) in [5, 5.41) is 3.08. The van der Waals surface area contributed by atoms with E-state index in [2.05, 4.69) is 26.2 Å². The quantitative estimate of drug-likeness (QED) is 0.867. The van der Waals surface area contributed by atoms with Crippen LogP contribution in [0.1, 0.15) is 22.2 Å². The van der Waals surface area contributed by atoms with E-state index in [1.165, 1.54) is 6.07 Å². The minimum atomic E-state index is -4.35. The zero-order valence-corrected chi connectivity index (χ0v) is 12.9. The number of nitrogens with one attached hydrogen (secondary N) is 1. The Morgan fingerprint density at radius 3 is 2.50 bits per heavy atom. The summed E-state index contributed by atoms with van der Waals surface area (Å²) in [5.41, 5.74) is -0.125. The third-order valence-corrected chi connectivity index (χ3v) is 4.50. The Balaban J connectivity index is 2.15. The van der Waals surface area contributed by atoms with Crippen LogP contribution >= 0.6 is 27.3 Å². The highest BCUT2D eigenvalue weighted by Gasteiger charge is 2.30. The van der Waals surface area contributed by atoms with Gasteiger partial charge in [0.25, 0.3) is 0 Å². The van der Waals surface area contributed by atoms with Gasteiger partial charge in [0.1, 0.15) is 0 Å². The average Bonchev–Trinajstić information content (AvgIpc) is 2.81. The van der Waals surface area contributed by atoms with E-state index in [0.29, 0.717) is 12.1 Å². The van der Waals surface area contributed by atoms with Gasteiger partial charge >= 0.3 is 6.18 Å². The number of halogens is 4. The second kappa shape index (κ2) is 6.24. The van der Waals surface area contributed by atoms with E-state index in [1.54, 1.807) is 18.4 Å². The first-order chi connectivity index (χ1) is 9.40. The highest BCUT2D eigenvalue weighted by atomic mass is 79.9. The molecule has 2 rings (SSSR count). The number of hydrogen-bond acceptors (Lipinski definition) is 3. The minimum Gasteiger partial charge on any atom is -0.311 e. The Hall–Kier alpha value is -0.920. The maximum atomic E-state index is 12.5. The Morgan fingerprint density at radius 1 is 1.30 bits per heavy atom. The maximum Gasteiger partial charge on any atom is 0.417 e. The van der Waals surface area contributed by atoms with Crippen LogP contribution in [0.2, 0.25) is 0 Å². The van der Waals surface area contributed by atoms with Crippen molar-refractivity contribution in [2.75, 3.05) is 7.05 Å². The summed E-state index contributed by atoms with van der Waals surface area (Å²) in [6.45, 7) is 0. The van der Waals surface area contributed by atoms with E-state index in [9.17, 15) is 13.2 Å². The number of alkyl halides is 3. The lowest BCUT2D eigenvalue weighted by atomic mass is 10.1. The predicted octanol–water partition coefficient (Wildman–Crippen LogP) is 4.43. The van der Waals surface area contributed by atoms with Gasteiger partial charge < -0.3 is 5.32 Å². The van der Waals surface area contributed by atoms with Crippen molar-refractivity contribution < 1.29 is 13.2 Å². The molecule has 0 saturated carbocycles. The van der Waals surface area contributed by atoms with Gasteiger partial charge in [-0.05, 0) is 47.2 Å². The molecule has 1 atom stereocenters. The number of rotatable bonds is 4. The Labute approximate surface area is 127 Å². The molecule has 0 bridgehead atoms. The summed E-state index contributed by atoms with van der Waals surface area (Å²) >= 11 is 4.99. The van der Waals surface area contributed by atoms with Crippen LogP contribution in [0.4, 0.5) is 13.2 Å². The SMILES string of the molecule is CNC(Cc1ccc(Br)s1)c1ccc(C(F)(F)F)cn1. The van der Waals surface area contributed by atoms with Gasteiger partial charge in [0.2, 0.25) is 0 Å². The normalized spacial score (nSPS) is 13.4. The maximum absolute atomic E-state index is 12.5. The van der Waals surface area contributed by atoms with Gasteiger partial charge in [0, 0.05) is 17.5 Å². The van der Waals surface area contributed by atoms with Crippen LogP contribution in [0, 0.1) is 0 Å². The summed E-state index contributed by atoms with van der Waals surface area (Å²) in [4.78, 5) is 5.07. The van der Waals surface area contributed by atoms with Crippen LogP contribution in [-0.2, 0) is 12.6 Å². The van der Waals surface area contributed by atoms with Crippen molar-refractivity contribution in [3.8, 4) is 0 Å². The molecular weight excluding hydrogens is 353 g/mol. The van der Waals surface area contributed by atoms with Crippen molar-refractivity contribution in [3.63, 3.8) is 0 Å². The Kier molecular flexibility index (Phi) is 4.82. The van der Waals surface area contributed by atoms with Crippen molar-refractivity contribution >= 4 is 27.3 Å². The molecule has 0 saturated heterocycles. The smallest absolute Gasteiger partial charge is 0.311 e. The average molecular weight is 365 g/mol. The van der Waals surface area contributed by atoms with E-state index in [-0.39, 0.29) is 6.04 Å². The van der Waals surface area contributed by atoms with Gasteiger partial charge in [-0.25, -0.2) is 0 Å². The summed E-state index contributed by atoms with van der Waals surface area (Å²) in [5.74, 6) is 0. The topological polar surface area (TPSA) is 24.9 Å². The summed E-state index contributed by atoms with van der Waals surface area (Å²) in [7, 11) is 1.77. The van der Waals surface area contributed by atoms with E-state index >= 15 is 0 Å². The molecule has 0 aromatic carbocycles. The highest BCUT2D eigenvalue weighted by molar-refractivity contribution is 9.11. The lowest BCUT2D eigenvalue weighted by molar-refractivity contribution is -0.137. The molecule has 20 heavy (non-hydrogen) atoms. The van der Waals surface area contributed by atoms with Gasteiger partial charge in [-0.15, -0.1) is 11.3 Å². The molecular formula is C13H12BrF3N2S. The number of nitrogens with zero attached hydrogens (tertiary/aromatic N) is 1.